The zero-order chi connectivity index (χ0) is 23.8. The van der Waals surface area contributed by atoms with Gasteiger partial charge in [0, 0.05) is 25.5 Å². The molecule has 3 heterocycles. The van der Waals surface area contributed by atoms with E-state index in [9.17, 15) is 27.6 Å². The van der Waals surface area contributed by atoms with Crippen LogP contribution in [-0.2, 0) is 9.53 Å². The molecule has 0 saturated carbocycles. The van der Waals surface area contributed by atoms with Crippen LogP contribution in [0.3, 0.4) is 0 Å². The number of alkyl halides is 4. The number of ether oxygens (including phenoxy) is 1. The summed E-state index contributed by atoms with van der Waals surface area (Å²) in [6.07, 6.45) is -5.45. The van der Waals surface area contributed by atoms with E-state index in [1.807, 2.05) is 6.07 Å². The summed E-state index contributed by atoms with van der Waals surface area (Å²) >= 11 is 0. The fourth-order valence-corrected chi connectivity index (χ4v) is 4.21. The summed E-state index contributed by atoms with van der Waals surface area (Å²) in [7, 11) is 1.75. The van der Waals surface area contributed by atoms with Gasteiger partial charge in [-0.25, -0.2) is 4.39 Å². The van der Waals surface area contributed by atoms with Crippen LogP contribution < -0.4 is 10.2 Å². The number of nitrogens with one attached hydrogen (secondary N) is 1. The minimum Gasteiger partial charge on any atom is -0.364 e. The second-order valence-corrected chi connectivity index (χ2v) is 8.41. The molecule has 2 saturated heterocycles. The van der Waals surface area contributed by atoms with Gasteiger partial charge in [-0.05, 0) is 25.6 Å². The van der Waals surface area contributed by atoms with E-state index < -0.39 is 36.5 Å². The second kappa shape index (κ2) is 8.72. The van der Waals surface area contributed by atoms with Crippen LogP contribution in [0.4, 0.5) is 23.2 Å². The number of likely N-dealkylation sites (tertiary alicyclic amines) is 1. The maximum absolute atomic E-state index is 14.8. The lowest BCUT2D eigenvalue weighted by Crippen LogP contribution is -2.58. The molecule has 0 bridgehead atoms. The van der Waals surface area contributed by atoms with Gasteiger partial charge in [0.1, 0.15) is 22.8 Å². The molecule has 2 unspecified atom stereocenters. The second-order valence-electron chi connectivity index (χ2n) is 8.41. The largest absolute Gasteiger partial charge is 0.416 e. The van der Waals surface area contributed by atoms with Crippen molar-refractivity contribution in [1.29, 1.82) is 5.26 Å². The lowest BCUT2D eigenvalue weighted by molar-refractivity contribution is -0.234. The monoisotopic (exact) mass is 466 g/mol. The van der Waals surface area contributed by atoms with E-state index in [1.54, 1.807) is 11.9 Å². The normalized spacial score (nSPS) is 26.4. The lowest BCUT2D eigenvalue weighted by atomic mass is 10.1. The van der Waals surface area contributed by atoms with Gasteiger partial charge in [-0.1, -0.05) is 0 Å². The first-order valence-corrected chi connectivity index (χ1v) is 10.4. The molecule has 33 heavy (non-hydrogen) atoms. The van der Waals surface area contributed by atoms with Crippen LogP contribution in [0.25, 0.3) is 11.0 Å². The molecule has 1 amide bonds. The third-order valence-electron chi connectivity index (χ3n) is 5.90. The van der Waals surface area contributed by atoms with Gasteiger partial charge in [0.2, 0.25) is 0 Å². The van der Waals surface area contributed by atoms with E-state index in [2.05, 4.69) is 15.3 Å². The fraction of sp³-hybridized carbons (Fsp3) is 0.524. The minimum absolute atomic E-state index is 0.131. The summed E-state index contributed by atoms with van der Waals surface area (Å²) in [6.45, 7) is -0.412. The Labute approximate surface area is 187 Å². The maximum Gasteiger partial charge on any atom is 0.416 e. The molecule has 2 aliphatic heterocycles. The Kier molecular flexibility index (Phi) is 6.11. The summed E-state index contributed by atoms with van der Waals surface area (Å²) in [4.78, 5) is 24.2. The number of carbonyl (C=O) groups is 1. The van der Waals surface area contributed by atoms with Crippen molar-refractivity contribution in [1.82, 2.24) is 20.2 Å². The minimum atomic E-state index is -4.72. The summed E-state index contributed by atoms with van der Waals surface area (Å²) in [5, 5.41) is 11.7. The Morgan fingerprint density at radius 3 is 2.67 bits per heavy atom. The molecule has 2 aromatic rings. The Balaban J connectivity index is 1.59. The molecule has 12 heteroatoms. The average Bonchev–Trinajstić information content (AvgIpc) is 3.14. The summed E-state index contributed by atoms with van der Waals surface area (Å²) in [5.74, 6) is -0.815. The molecular formula is C21H22F4N6O2. The number of nitriles is 1. The first-order chi connectivity index (χ1) is 15.6. The van der Waals surface area contributed by atoms with Gasteiger partial charge in [-0.2, -0.15) is 18.4 Å². The van der Waals surface area contributed by atoms with E-state index in [0.717, 1.165) is 0 Å². The number of carbonyl (C=O) groups excluding carboxylic acids is 1. The van der Waals surface area contributed by atoms with Crippen molar-refractivity contribution in [2.24, 2.45) is 0 Å². The average molecular weight is 466 g/mol. The van der Waals surface area contributed by atoms with Gasteiger partial charge in [0.25, 0.3) is 5.91 Å². The van der Waals surface area contributed by atoms with E-state index in [0.29, 0.717) is 12.2 Å². The van der Waals surface area contributed by atoms with Gasteiger partial charge < -0.3 is 19.9 Å². The molecular weight excluding hydrogens is 444 g/mol. The van der Waals surface area contributed by atoms with Crippen molar-refractivity contribution < 1.29 is 27.1 Å². The van der Waals surface area contributed by atoms with Crippen molar-refractivity contribution in [3.63, 3.8) is 0 Å². The first kappa shape index (κ1) is 23.1. The highest BCUT2D eigenvalue weighted by atomic mass is 19.4. The molecule has 2 aliphatic rings. The van der Waals surface area contributed by atoms with Crippen LogP contribution >= 0.6 is 0 Å². The third-order valence-corrected chi connectivity index (χ3v) is 5.90. The zero-order valence-electron chi connectivity index (χ0n) is 17.8. The number of benzene rings is 1. The van der Waals surface area contributed by atoms with Crippen LogP contribution in [0, 0.1) is 11.3 Å². The number of fused-ring (bicyclic) bond motifs is 1. The van der Waals surface area contributed by atoms with Gasteiger partial charge in [0.15, 0.2) is 12.2 Å². The van der Waals surface area contributed by atoms with Crippen LogP contribution in [-0.4, -0.2) is 84.6 Å². The zero-order valence-corrected chi connectivity index (χ0v) is 17.8. The topological polar surface area (TPSA) is 94.4 Å². The summed E-state index contributed by atoms with van der Waals surface area (Å²) in [5.41, 5.74) is -0.618. The highest BCUT2D eigenvalue weighted by Crippen LogP contribution is 2.33. The first-order valence-electron chi connectivity index (χ1n) is 10.4. The predicted molar refractivity (Wildman–Crippen MR) is 110 cm³/mol. The molecule has 8 nitrogen and oxygen atoms in total. The fourth-order valence-electron chi connectivity index (χ4n) is 4.21. The Hall–Kier alpha value is -3.04. The third kappa shape index (κ3) is 4.84. The molecule has 1 aromatic carbocycles. The lowest BCUT2D eigenvalue weighted by Gasteiger charge is -2.39. The van der Waals surface area contributed by atoms with Crippen LogP contribution in [0.5, 0.6) is 0 Å². The molecule has 3 atom stereocenters. The van der Waals surface area contributed by atoms with Crippen molar-refractivity contribution in [3.8, 4) is 6.07 Å². The Morgan fingerprint density at radius 1 is 1.30 bits per heavy atom. The standard InChI is InChI=1S/C21H22F4N6O2/c1-30-7-4-20(22,12-30)11-29-19(32)15-9-31(10-16(33-15)21(23,24)25)14-3-2-13(8-26)17-18(14)28-6-5-27-17/h2-3,5-6,15-16H,4,7,9-12H2,1H3,(H,29,32)/t15?,16?,20-/m1/s1. The quantitative estimate of drug-likeness (QED) is 0.687. The van der Waals surface area contributed by atoms with Crippen molar-refractivity contribution in [2.45, 2.75) is 30.5 Å². The molecule has 1 aromatic heterocycles. The van der Waals surface area contributed by atoms with E-state index in [1.165, 1.54) is 29.4 Å². The van der Waals surface area contributed by atoms with Gasteiger partial charge in [-0.3, -0.25) is 14.8 Å². The molecule has 0 radical (unpaired) electrons. The SMILES string of the molecule is CN1CC[C@@](F)(CNC(=O)C2CN(c3ccc(C#N)c4nccnc34)CC(C(F)(F)F)O2)C1. The molecule has 4 rings (SSSR count). The Bertz CT molecular complexity index is 1090. The van der Waals surface area contributed by atoms with Crippen molar-refractivity contribution in [2.75, 3.05) is 44.7 Å². The van der Waals surface area contributed by atoms with E-state index >= 15 is 0 Å². The molecule has 0 spiro atoms. The number of amides is 1. The van der Waals surface area contributed by atoms with Gasteiger partial charge in [-0.15, -0.1) is 0 Å². The van der Waals surface area contributed by atoms with Crippen molar-refractivity contribution >= 4 is 22.6 Å². The summed E-state index contributed by atoms with van der Waals surface area (Å²) < 4.78 is 60.8. The smallest absolute Gasteiger partial charge is 0.364 e. The number of rotatable bonds is 4. The van der Waals surface area contributed by atoms with E-state index in [4.69, 9.17) is 4.74 Å². The number of hydrogen-bond acceptors (Lipinski definition) is 7. The maximum atomic E-state index is 14.8. The van der Waals surface area contributed by atoms with Gasteiger partial charge >= 0.3 is 6.18 Å². The summed E-state index contributed by atoms with van der Waals surface area (Å²) in [6, 6.07) is 4.91. The number of anilines is 1. The molecule has 2 fully saturated rings. The number of morpholine rings is 1. The highest BCUT2D eigenvalue weighted by Gasteiger charge is 2.48. The molecule has 1 N–H and O–H groups in total. The number of nitrogens with zero attached hydrogens (tertiary/aromatic N) is 5. The molecule has 176 valence electrons. The van der Waals surface area contributed by atoms with Crippen molar-refractivity contribution in [3.05, 3.63) is 30.1 Å². The van der Waals surface area contributed by atoms with Crippen LogP contribution in [0.1, 0.15) is 12.0 Å². The number of hydrogen-bond donors (Lipinski definition) is 1. The Morgan fingerprint density at radius 2 is 2.03 bits per heavy atom. The highest BCUT2D eigenvalue weighted by molar-refractivity contribution is 5.92. The van der Waals surface area contributed by atoms with Crippen LogP contribution in [0.15, 0.2) is 24.5 Å². The van der Waals surface area contributed by atoms with Crippen LogP contribution in [0.2, 0.25) is 0 Å². The number of aromatic nitrogens is 2. The number of halogens is 4. The predicted octanol–water partition coefficient (Wildman–Crippen LogP) is 1.80. The molecule has 0 aliphatic carbocycles. The van der Waals surface area contributed by atoms with E-state index in [-0.39, 0.29) is 42.7 Å². The van der Waals surface area contributed by atoms with Gasteiger partial charge in [0.05, 0.1) is 30.9 Å².